The van der Waals surface area contributed by atoms with Crippen LogP contribution in [-0.2, 0) is 6.42 Å². The van der Waals surface area contributed by atoms with Gasteiger partial charge in [0.2, 0.25) is 0 Å². The Morgan fingerprint density at radius 2 is 1.69 bits per heavy atom. The van der Waals surface area contributed by atoms with E-state index in [4.69, 9.17) is 0 Å². The highest BCUT2D eigenvalue weighted by Gasteiger charge is 2.14. The topological polar surface area (TPSA) is 24.1 Å². The molecule has 2 nitrogen and oxygen atoms in total. The Morgan fingerprint density at radius 1 is 1.03 bits per heavy atom. The lowest BCUT2D eigenvalue weighted by Gasteiger charge is -2.27. The normalized spacial score (nSPS) is 13.9. The number of benzene rings is 1. The van der Waals surface area contributed by atoms with E-state index in [0.717, 1.165) is 36.2 Å². The van der Waals surface area contributed by atoms with Gasteiger partial charge in [0.25, 0.3) is 0 Å². The highest BCUT2D eigenvalue weighted by molar-refractivity contribution is 5.62. The van der Waals surface area contributed by atoms with Gasteiger partial charge in [-0.25, -0.2) is 0 Å². The van der Waals surface area contributed by atoms with E-state index in [1.165, 1.54) is 11.1 Å². The van der Waals surface area contributed by atoms with Gasteiger partial charge in [0, 0.05) is 17.4 Å². The van der Waals surface area contributed by atoms with Crippen LogP contribution in [0.1, 0.15) is 58.6 Å². The summed E-state index contributed by atoms with van der Waals surface area (Å²) in [4.78, 5) is 0. The van der Waals surface area contributed by atoms with Crippen molar-refractivity contribution >= 4 is 5.70 Å². The first-order valence-corrected chi connectivity index (χ1v) is 10.7. The number of hydrogen-bond donors (Lipinski definition) is 2. The minimum absolute atomic E-state index is 0.165. The van der Waals surface area contributed by atoms with Gasteiger partial charge >= 0.3 is 0 Å². The second-order valence-electron chi connectivity index (χ2n) is 8.29. The molecule has 0 fully saturated rings. The maximum absolute atomic E-state index is 4.26. The van der Waals surface area contributed by atoms with Crippen LogP contribution in [-0.4, -0.2) is 12.1 Å². The Labute approximate surface area is 179 Å². The molecule has 0 heterocycles. The van der Waals surface area contributed by atoms with E-state index >= 15 is 0 Å². The number of hydrogen-bond acceptors (Lipinski definition) is 2. The van der Waals surface area contributed by atoms with Crippen LogP contribution in [0.4, 0.5) is 0 Å². The summed E-state index contributed by atoms with van der Waals surface area (Å²) in [6, 6.07) is 9.22. The van der Waals surface area contributed by atoms with Crippen LogP contribution < -0.4 is 10.6 Å². The maximum atomic E-state index is 4.26. The summed E-state index contributed by atoms with van der Waals surface area (Å²) in [5, 5.41) is 7.10. The summed E-state index contributed by atoms with van der Waals surface area (Å²) in [6.07, 6.45) is 10.9. The fraction of sp³-hybridized carbons (Fsp3) is 0.407. The van der Waals surface area contributed by atoms with E-state index in [9.17, 15) is 0 Å². The van der Waals surface area contributed by atoms with Gasteiger partial charge in [-0.3, -0.25) is 0 Å². The van der Waals surface area contributed by atoms with Crippen LogP contribution in [0.25, 0.3) is 5.70 Å². The molecule has 0 aliphatic rings. The van der Waals surface area contributed by atoms with Crippen molar-refractivity contribution in [2.75, 3.05) is 0 Å². The van der Waals surface area contributed by atoms with Crippen LogP contribution in [0.2, 0.25) is 0 Å². The summed E-state index contributed by atoms with van der Waals surface area (Å²) in [6.45, 7) is 23.2. The predicted octanol–water partition coefficient (Wildman–Crippen LogP) is 6.79. The molecule has 0 spiro atoms. The molecular formula is C27H40N2. The van der Waals surface area contributed by atoms with Crippen LogP contribution >= 0.6 is 0 Å². The molecule has 0 amide bonds. The standard InChI is InChI=1S/C27H40N2/c1-9-11-12-13-21(5)19-25-14-16-26(17-15-25)23(7)29-27(10-2)24(8)28-22(6)18-20(3)4/h9,11-17,20,22,27-29H,1,7-8,10,18-19H2,2-6H3/b12-11-,21-13+/t22?,27-/m0/s1. The second kappa shape index (κ2) is 12.9. The van der Waals surface area contributed by atoms with Gasteiger partial charge in [0.1, 0.15) is 0 Å². The highest BCUT2D eigenvalue weighted by Crippen LogP contribution is 2.17. The zero-order valence-corrected chi connectivity index (χ0v) is 19.1. The van der Waals surface area contributed by atoms with Crippen molar-refractivity contribution in [3.63, 3.8) is 0 Å². The van der Waals surface area contributed by atoms with E-state index in [1.807, 2.05) is 12.2 Å². The number of allylic oxidation sites excluding steroid dienone is 5. The van der Waals surface area contributed by atoms with Crippen molar-refractivity contribution in [3.05, 3.63) is 90.7 Å². The van der Waals surface area contributed by atoms with E-state index in [1.54, 1.807) is 6.08 Å². The quantitative estimate of drug-likeness (QED) is 0.361. The summed E-state index contributed by atoms with van der Waals surface area (Å²) < 4.78 is 0. The highest BCUT2D eigenvalue weighted by atomic mass is 15.0. The lowest BCUT2D eigenvalue weighted by atomic mass is 10.0. The van der Waals surface area contributed by atoms with Crippen molar-refractivity contribution in [1.29, 1.82) is 0 Å². The molecule has 1 aromatic carbocycles. The molecule has 0 aliphatic heterocycles. The molecule has 0 radical (unpaired) electrons. The molecule has 0 aromatic heterocycles. The molecule has 1 unspecified atom stereocenters. The summed E-state index contributed by atoms with van der Waals surface area (Å²) in [7, 11) is 0. The number of nitrogens with one attached hydrogen (secondary N) is 2. The molecule has 1 rings (SSSR count). The maximum Gasteiger partial charge on any atom is 0.0651 e. The smallest absolute Gasteiger partial charge is 0.0651 e. The molecule has 2 N–H and O–H groups in total. The van der Waals surface area contributed by atoms with Crippen molar-refractivity contribution in [2.45, 2.75) is 66.0 Å². The third-order valence-electron chi connectivity index (χ3n) is 4.85. The van der Waals surface area contributed by atoms with Gasteiger partial charge in [-0.2, -0.15) is 0 Å². The Balaban J connectivity index is 2.68. The molecule has 1 aromatic rings. The van der Waals surface area contributed by atoms with Gasteiger partial charge in [0.05, 0.1) is 6.04 Å². The van der Waals surface area contributed by atoms with Crippen molar-refractivity contribution in [1.82, 2.24) is 10.6 Å². The van der Waals surface area contributed by atoms with Crippen LogP contribution in [0.15, 0.2) is 79.6 Å². The Hall–Kier alpha value is -2.48. The molecule has 158 valence electrons. The molecule has 2 heteroatoms. The fourth-order valence-corrected chi connectivity index (χ4v) is 3.42. The average molecular weight is 393 g/mol. The lowest BCUT2D eigenvalue weighted by molar-refractivity contribution is 0.452. The zero-order chi connectivity index (χ0) is 21.8. The Morgan fingerprint density at radius 3 is 2.24 bits per heavy atom. The van der Waals surface area contributed by atoms with Gasteiger partial charge < -0.3 is 10.6 Å². The van der Waals surface area contributed by atoms with Gasteiger partial charge in [-0.05, 0) is 50.2 Å². The van der Waals surface area contributed by atoms with E-state index in [0.29, 0.717) is 12.0 Å². The molecule has 0 bridgehead atoms. The summed E-state index contributed by atoms with van der Waals surface area (Å²) in [5.41, 5.74) is 5.69. The minimum atomic E-state index is 0.165. The Kier molecular flexibility index (Phi) is 10.9. The molecule has 0 aliphatic carbocycles. The van der Waals surface area contributed by atoms with Crippen molar-refractivity contribution in [3.8, 4) is 0 Å². The molecule has 0 saturated heterocycles. The fourth-order valence-electron chi connectivity index (χ4n) is 3.42. The van der Waals surface area contributed by atoms with Gasteiger partial charge in [0.15, 0.2) is 0 Å². The summed E-state index contributed by atoms with van der Waals surface area (Å²) in [5.74, 6) is 0.670. The van der Waals surface area contributed by atoms with E-state index < -0.39 is 0 Å². The van der Waals surface area contributed by atoms with Gasteiger partial charge in [-0.1, -0.05) is 94.7 Å². The number of rotatable bonds is 13. The zero-order valence-electron chi connectivity index (χ0n) is 19.1. The van der Waals surface area contributed by atoms with Crippen LogP contribution in [0.5, 0.6) is 0 Å². The molecule has 29 heavy (non-hydrogen) atoms. The van der Waals surface area contributed by atoms with E-state index in [2.05, 4.69) is 95.3 Å². The Bertz CT molecular complexity index is 719. The minimum Gasteiger partial charge on any atom is -0.385 e. The van der Waals surface area contributed by atoms with Crippen LogP contribution in [0.3, 0.4) is 0 Å². The second-order valence-corrected chi connectivity index (χ2v) is 8.29. The predicted molar refractivity (Wildman–Crippen MR) is 131 cm³/mol. The third-order valence-corrected chi connectivity index (χ3v) is 4.85. The van der Waals surface area contributed by atoms with Crippen LogP contribution in [0, 0.1) is 5.92 Å². The molecule has 2 atom stereocenters. The largest absolute Gasteiger partial charge is 0.385 e. The van der Waals surface area contributed by atoms with Gasteiger partial charge in [-0.15, -0.1) is 0 Å². The molecular weight excluding hydrogens is 352 g/mol. The monoisotopic (exact) mass is 392 g/mol. The third kappa shape index (κ3) is 9.51. The first-order valence-electron chi connectivity index (χ1n) is 10.7. The van der Waals surface area contributed by atoms with E-state index in [-0.39, 0.29) is 6.04 Å². The van der Waals surface area contributed by atoms with Crippen molar-refractivity contribution < 1.29 is 0 Å². The first-order chi connectivity index (χ1) is 13.8. The average Bonchev–Trinajstić information content (AvgIpc) is 2.65. The lowest BCUT2D eigenvalue weighted by Crippen LogP contribution is -2.38. The van der Waals surface area contributed by atoms with Crippen molar-refractivity contribution in [2.24, 2.45) is 5.92 Å². The first kappa shape index (κ1) is 24.6. The SMILES string of the molecule is C=C/C=C\C=C(/C)Cc1ccc(C(=C)N[C@@H](CC)C(=C)NC(C)CC(C)C)cc1. The summed E-state index contributed by atoms with van der Waals surface area (Å²) >= 11 is 0. The molecule has 0 saturated carbocycles.